The van der Waals surface area contributed by atoms with E-state index in [1.807, 2.05) is 18.2 Å². The number of hydrogen-bond acceptors (Lipinski definition) is 4. The van der Waals surface area contributed by atoms with Crippen LogP contribution in [0.1, 0.15) is 30.1 Å². The molecule has 0 aliphatic heterocycles. The molecular weight excluding hydrogens is 398 g/mol. The van der Waals surface area contributed by atoms with Crippen LogP contribution in [-0.2, 0) is 16.4 Å². The Morgan fingerprint density at radius 2 is 2.00 bits per heavy atom. The zero-order valence-corrected chi connectivity index (χ0v) is 16.9. The zero-order chi connectivity index (χ0) is 19.7. The lowest BCUT2D eigenvalue weighted by Gasteiger charge is -2.30. The van der Waals surface area contributed by atoms with E-state index >= 15 is 0 Å². The molecule has 146 valence electrons. The minimum absolute atomic E-state index is 0.135. The van der Waals surface area contributed by atoms with Crippen molar-refractivity contribution in [2.75, 3.05) is 7.05 Å². The number of halogens is 1. The molecule has 1 N–H and O–H groups in total. The lowest BCUT2D eigenvalue weighted by atomic mass is 9.93. The fraction of sp³-hybridized carbons (Fsp3) is 0.250. The number of rotatable bonds is 5. The first-order valence-corrected chi connectivity index (χ1v) is 10.8. The van der Waals surface area contributed by atoms with Crippen molar-refractivity contribution in [3.05, 3.63) is 71.0 Å². The third-order valence-corrected chi connectivity index (χ3v) is 7.16. The maximum Gasteiger partial charge on any atom is 0.243 e. The summed E-state index contributed by atoms with van der Waals surface area (Å²) in [5.41, 5.74) is 1.94. The third-order valence-electron chi connectivity index (χ3n) is 5.01. The second-order valence-electron chi connectivity index (χ2n) is 6.74. The predicted octanol–water partition coefficient (Wildman–Crippen LogP) is 4.55. The van der Waals surface area contributed by atoms with E-state index in [0.717, 1.165) is 30.5 Å². The minimum atomic E-state index is -3.72. The average Bonchev–Trinajstić information content (AvgIpc) is 3.18. The van der Waals surface area contributed by atoms with Crippen LogP contribution >= 0.6 is 11.6 Å². The van der Waals surface area contributed by atoms with E-state index in [1.54, 1.807) is 31.4 Å². The number of sulfonamides is 1. The topological polar surface area (TPSA) is 75.3 Å². The number of nitrogens with zero attached hydrogens (tertiary/aromatic N) is 2. The van der Waals surface area contributed by atoms with Crippen LogP contribution in [0.2, 0.25) is 5.02 Å². The van der Waals surface area contributed by atoms with Gasteiger partial charge in [0.25, 0.3) is 0 Å². The van der Waals surface area contributed by atoms with E-state index in [4.69, 9.17) is 16.3 Å². The molecule has 1 aliphatic rings. The fourth-order valence-electron chi connectivity index (χ4n) is 3.49. The summed E-state index contributed by atoms with van der Waals surface area (Å²) >= 11 is 6.32. The van der Waals surface area contributed by atoms with Crippen molar-refractivity contribution < 1.29 is 13.2 Å². The first-order chi connectivity index (χ1) is 13.5. The molecule has 0 saturated heterocycles. The van der Waals surface area contributed by atoms with Crippen LogP contribution in [0.3, 0.4) is 0 Å². The van der Waals surface area contributed by atoms with Gasteiger partial charge in [0.1, 0.15) is 11.5 Å². The summed E-state index contributed by atoms with van der Waals surface area (Å²) in [5.74, 6) is 1.04. The van der Waals surface area contributed by atoms with Crippen molar-refractivity contribution in [3.63, 3.8) is 0 Å². The Morgan fingerprint density at radius 1 is 1.21 bits per heavy atom. The number of hydrogen-bond donors (Lipinski definition) is 1. The van der Waals surface area contributed by atoms with Crippen molar-refractivity contribution in [3.8, 4) is 11.5 Å². The van der Waals surface area contributed by atoms with Gasteiger partial charge < -0.3 is 4.74 Å². The first-order valence-electron chi connectivity index (χ1n) is 8.99. The van der Waals surface area contributed by atoms with Crippen LogP contribution in [0.25, 0.3) is 0 Å². The molecule has 3 aromatic rings. The van der Waals surface area contributed by atoms with Crippen LogP contribution in [-0.4, -0.2) is 30.0 Å². The minimum Gasteiger partial charge on any atom is -0.456 e. The molecule has 1 aliphatic carbocycles. The van der Waals surface area contributed by atoms with Crippen molar-refractivity contribution in [2.45, 2.75) is 30.2 Å². The Morgan fingerprint density at radius 3 is 2.75 bits per heavy atom. The molecule has 0 spiro atoms. The van der Waals surface area contributed by atoms with Gasteiger partial charge in [0.05, 0.1) is 22.2 Å². The Balaban J connectivity index is 1.60. The van der Waals surface area contributed by atoms with Gasteiger partial charge in [-0.25, -0.2) is 8.42 Å². The lowest BCUT2D eigenvalue weighted by molar-refractivity contribution is 0.337. The number of nitrogens with one attached hydrogen (secondary N) is 1. The van der Waals surface area contributed by atoms with E-state index in [-0.39, 0.29) is 16.0 Å². The highest BCUT2D eigenvalue weighted by Gasteiger charge is 2.33. The Kier molecular flexibility index (Phi) is 5.14. The van der Waals surface area contributed by atoms with Crippen LogP contribution in [0, 0.1) is 0 Å². The number of aromatic nitrogens is 2. The summed E-state index contributed by atoms with van der Waals surface area (Å²) in [6.07, 6.45) is 4.27. The molecule has 0 radical (unpaired) electrons. The highest BCUT2D eigenvalue weighted by Crippen LogP contribution is 2.37. The van der Waals surface area contributed by atoms with Crippen molar-refractivity contribution >= 4 is 21.6 Å². The quantitative estimate of drug-likeness (QED) is 0.660. The lowest BCUT2D eigenvalue weighted by Crippen LogP contribution is -2.33. The number of H-pyrrole nitrogens is 1. The number of aryl methyl sites for hydroxylation is 1. The van der Waals surface area contributed by atoms with E-state index < -0.39 is 10.0 Å². The maximum atomic E-state index is 13.2. The van der Waals surface area contributed by atoms with Crippen LogP contribution < -0.4 is 4.74 Å². The highest BCUT2D eigenvalue weighted by molar-refractivity contribution is 7.89. The molecule has 6 nitrogen and oxygen atoms in total. The monoisotopic (exact) mass is 417 g/mol. The summed E-state index contributed by atoms with van der Waals surface area (Å²) in [7, 11) is -2.12. The molecule has 0 fully saturated rings. The molecule has 1 heterocycles. The molecule has 0 saturated carbocycles. The summed E-state index contributed by atoms with van der Waals surface area (Å²) in [6, 6.07) is 13.5. The van der Waals surface area contributed by atoms with Gasteiger partial charge >= 0.3 is 0 Å². The third kappa shape index (κ3) is 3.53. The van der Waals surface area contributed by atoms with Crippen molar-refractivity contribution in [1.82, 2.24) is 14.5 Å². The second-order valence-corrected chi connectivity index (χ2v) is 9.15. The molecule has 28 heavy (non-hydrogen) atoms. The van der Waals surface area contributed by atoms with E-state index in [1.165, 1.54) is 16.4 Å². The van der Waals surface area contributed by atoms with E-state index in [9.17, 15) is 8.42 Å². The summed E-state index contributed by atoms with van der Waals surface area (Å²) < 4.78 is 33.5. The SMILES string of the molecule is CN([C@@H]1CCCc2[nH]ncc21)S(=O)(=O)c1ccc(Oc2ccccc2)c(Cl)c1. The summed E-state index contributed by atoms with van der Waals surface area (Å²) in [5, 5.41) is 7.28. The van der Waals surface area contributed by atoms with Crippen LogP contribution in [0.15, 0.2) is 59.6 Å². The fourth-order valence-corrected chi connectivity index (χ4v) is 5.17. The van der Waals surface area contributed by atoms with Gasteiger partial charge in [0.15, 0.2) is 0 Å². The Hall–Kier alpha value is -2.35. The average molecular weight is 418 g/mol. The molecular formula is C20H20ClN3O3S. The molecule has 2 aromatic carbocycles. The molecule has 1 aromatic heterocycles. The van der Waals surface area contributed by atoms with Crippen LogP contribution in [0.5, 0.6) is 11.5 Å². The van der Waals surface area contributed by atoms with Gasteiger partial charge in [-0.1, -0.05) is 29.8 Å². The van der Waals surface area contributed by atoms with Crippen molar-refractivity contribution in [2.24, 2.45) is 0 Å². The molecule has 8 heteroatoms. The van der Waals surface area contributed by atoms with E-state index in [0.29, 0.717) is 11.5 Å². The van der Waals surface area contributed by atoms with E-state index in [2.05, 4.69) is 10.2 Å². The smallest absolute Gasteiger partial charge is 0.243 e. The number of benzene rings is 2. The molecule has 0 unspecified atom stereocenters. The standard InChI is InChI=1S/C20H20ClN3O3S/c1-24(19-9-5-8-18-16(19)13-22-23-18)28(25,26)15-10-11-20(17(21)12-15)27-14-6-3-2-4-7-14/h2-4,6-7,10-13,19H,5,8-9H2,1H3,(H,22,23)/t19-/m1/s1. The number of ether oxygens (including phenoxy) is 1. The maximum absolute atomic E-state index is 13.2. The number of para-hydroxylation sites is 1. The number of fused-ring (bicyclic) bond motifs is 1. The molecule has 4 rings (SSSR count). The normalized spacial score (nSPS) is 16.8. The largest absolute Gasteiger partial charge is 0.456 e. The second kappa shape index (κ2) is 7.58. The summed E-state index contributed by atoms with van der Waals surface area (Å²) in [6.45, 7) is 0. The van der Waals surface area contributed by atoms with Crippen molar-refractivity contribution in [1.29, 1.82) is 0 Å². The van der Waals surface area contributed by atoms with Crippen LogP contribution in [0.4, 0.5) is 0 Å². The molecule has 0 bridgehead atoms. The number of aromatic amines is 1. The molecule has 0 amide bonds. The van der Waals surface area contributed by atoms with Gasteiger partial charge in [-0.2, -0.15) is 9.40 Å². The van der Waals surface area contributed by atoms with Gasteiger partial charge in [-0.3, -0.25) is 5.10 Å². The highest BCUT2D eigenvalue weighted by atomic mass is 35.5. The first kappa shape index (κ1) is 19.0. The van der Waals surface area contributed by atoms with Gasteiger partial charge in [-0.15, -0.1) is 0 Å². The van der Waals surface area contributed by atoms with Gasteiger partial charge in [0, 0.05) is 18.3 Å². The summed E-state index contributed by atoms with van der Waals surface area (Å²) in [4.78, 5) is 0.135. The Labute approximate surface area is 169 Å². The molecule has 1 atom stereocenters. The predicted molar refractivity (Wildman–Crippen MR) is 107 cm³/mol. The zero-order valence-electron chi connectivity index (χ0n) is 15.3. The van der Waals surface area contributed by atoms with Gasteiger partial charge in [0.2, 0.25) is 10.0 Å². The Bertz CT molecular complexity index is 1080. The van der Waals surface area contributed by atoms with Gasteiger partial charge in [-0.05, 0) is 49.6 Å².